The van der Waals surface area contributed by atoms with Crippen molar-refractivity contribution in [1.29, 1.82) is 0 Å². The summed E-state index contributed by atoms with van der Waals surface area (Å²) in [4.78, 5) is 4.12. The Hall–Kier alpha value is -3.14. The van der Waals surface area contributed by atoms with E-state index in [4.69, 9.17) is 9.84 Å². The van der Waals surface area contributed by atoms with Crippen molar-refractivity contribution in [3.63, 3.8) is 0 Å². The maximum absolute atomic E-state index is 6.38. The molecule has 0 bridgehead atoms. The topological polar surface area (TPSA) is 37.7 Å². The molecule has 0 fully saturated rings. The fourth-order valence-electron chi connectivity index (χ4n) is 3.80. The van der Waals surface area contributed by atoms with Gasteiger partial charge in [-0.1, -0.05) is 48.0 Å². The van der Waals surface area contributed by atoms with Crippen LogP contribution in [0.5, 0.6) is 5.75 Å². The van der Waals surface area contributed by atoms with E-state index in [0.717, 1.165) is 29.0 Å². The summed E-state index contributed by atoms with van der Waals surface area (Å²) in [5, 5.41) is 7.08. The highest BCUT2D eigenvalue weighted by atomic mass is 16.5. The van der Waals surface area contributed by atoms with E-state index in [1.165, 1.54) is 11.1 Å². The van der Waals surface area contributed by atoms with Crippen LogP contribution in [-0.4, -0.2) is 15.7 Å². The zero-order valence-electron chi connectivity index (χ0n) is 14.5. The van der Waals surface area contributed by atoms with E-state index in [-0.39, 0.29) is 12.3 Å². The van der Waals surface area contributed by atoms with Crippen LogP contribution in [-0.2, 0) is 0 Å². The number of para-hydroxylation sites is 1. The summed E-state index contributed by atoms with van der Waals surface area (Å²) in [6.45, 7) is 2.10. The van der Waals surface area contributed by atoms with Crippen LogP contribution in [0.25, 0.3) is 0 Å². The predicted octanol–water partition coefficient (Wildman–Crippen LogP) is 4.63. The Balaban J connectivity index is 1.61. The van der Waals surface area contributed by atoms with Crippen LogP contribution in [0, 0.1) is 6.92 Å². The minimum absolute atomic E-state index is 0.189. The van der Waals surface area contributed by atoms with Crippen molar-refractivity contribution in [2.75, 3.05) is 0 Å². The molecule has 3 aromatic rings. The van der Waals surface area contributed by atoms with Crippen LogP contribution < -0.4 is 4.74 Å². The molecular formula is C22H19N3O. The first-order chi connectivity index (χ1) is 12.8. The van der Waals surface area contributed by atoms with E-state index in [1.807, 2.05) is 30.6 Å². The fourth-order valence-corrected chi connectivity index (χ4v) is 3.80. The largest absolute Gasteiger partial charge is 0.464 e. The monoisotopic (exact) mass is 341 g/mol. The van der Waals surface area contributed by atoms with E-state index in [9.17, 15) is 0 Å². The smallest absolute Gasteiger partial charge is 0.213 e. The van der Waals surface area contributed by atoms with E-state index >= 15 is 0 Å². The Kier molecular flexibility index (Phi) is 3.49. The lowest BCUT2D eigenvalue weighted by Gasteiger charge is -2.38. The molecule has 0 spiro atoms. The number of aromatic nitrogens is 1. The number of hydrogen-bond donors (Lipinski definition) is 0. The third kappa shape index (κ3) is 2.46. The summed E-state index contributed by atoms with van der Waals surface area (Å²) in [6.07, 6.45) is 4.29. The first-order valence-electron chi connectivity index (χ1n) is 8.88. The normalized spacial score (nSPS) is 20.8. The Morgan fingerprint density at radius 2 is 1.85 bits per heavy atom. The Morgan fingerprint density at radius 1 is 1.00 bits per heavy atom. The molecule has 0 aliphatic carbocycles. The molecule has 0 amide bonds. The summed E-state index contributed by atoms with van der Waals surface area (Å²) < 4.78 is 6.38. The second-order valence-corrected chi connectivity index (χ2v) is 6.80. The first kappa shape index (κ1) is 15.1. The van der Waals surface area contributed by atoms with Crippen LogP contribution in [0.15, 0.2) is 78.2 Å². The van der Waals surface area contributed by atoms with Crippen molar-refractivity contribution in [1.82, 2.24) is 9.99 Å². The molecule has 5 rings (SSSR count). The second kappa shape index (κ2) is 5.99. The van der Waals surface area contributed by atoms with Gasteiger partial charge in [0, 0.05) is 35.5 Å². The van der Waals surface area contributed by atoms with Gasteiger partial charge >= 0.3 is 0 Å². The molecule has 2 aromatic carbocycles. The highest BCUT2D eigenvalue weighted by Crippen LogP contribution is 2.47. The molecule has 0 unspecified atom stereocenters. The lowest BCUT2D eigenvalue weighted by molar-refractivity contribution is -0.0190. The number of aryl methyl sites for hydroxylation is 1. The Bertz CT molecular complexity index is 983. The van der Waals surface area contributed by atoms with Crippen LogP contribution >= 0.6 is 0 Å². The second-order valence-electron chi connectivity index (χ2n) is 6.80. The number of benzene rings is 2. The maximum Gasteiger partial charge on any atom is 0.213 e. The molecule has 4 heteroatoms. The molecule has 2 aliphatic heterocycles. The van der Waals surface area contributed by atoms with E-state index in [1.54, 1.807) is 0 Å². The van der Waals surface area contributed by atoms with Gasteiger partial charge in [-0.3, -0.25) is 4.98 Å². The lowest BCUT2D eigenvalue weighted by Crippen LogP contribution is -2.33. The third-order valence-electron chi connectivity index (χ3n) is 5.04. The number of ether oxygens (including phenoxy) is 1. The maximum atomic E-state index is 6.38. The van der Waals surface area contributed by atoms with Crippen molar-refractivity contribution < 1.29 is 4.74 Å². The highest BCUT2D eigenvalue weighted by Gasteiger charge is 2.40. The highest BCUT2D eigenvalue weighted by molar-refractivity contribution is 6.01. The SMILES string of the molecule is Cc1cccc([C@H]2Oc3ccccc3[C@H]3CC(c4ccncc4)=NN32)c1. The average Bonchev–Trinajstić information content (AvgIpc) is 3.14. The van der Waals surface area contributed by atoms with Crippen molar-refractivity contribution in [3.8, 4) is 5.75 Å². The van der Waals surface area contributed by atoms with Gasteiger partial charge in [-0.2, -0.15) is 5.10 Å². The molecule has 4 nitrogen and oxygen atoms in total. The van der Waals surface area contributed by atoms with Crippen molar-refractivity contribution in [2.45, 2.75) is 25.6 Å². The molecular weight excluding hydrogens is 322 g/mol. The summed E-state index contributed by atoms with van der Waals surface area (Å²) in [7, 11) is 0. The molecule has 0 radical (unpaired) electrons. The molecule has 2 atom stereocenters. The Morgan fingerprint density at radius 3 is 2.69 bits per heavy atom. The zero-order chi connectivity index (χ0) is 17.5. The number of hydrogen-bond acceptors (Lipinski definition) is 4. The number of fused-ring (bicyclic) bond motifs is 3. The summed E-state index contributed by atoms with van der Waals surface area (Å²) >= 11 is 0. The summed E-state index contributed by atoms with van der Waals surface area (Å²) in [5.41, 5.74) is 5.75. The molecule has 2 aliphatic rings. The van der Waals surface area contributed by atoms with Crippen LogP contribution in [0.4, 0.5) is 0 Å². The van der Waals surface area contributed by atoms with E-state index in [0.29, 0.717) is 0 Å². The quantitative estimate of drug-likeness (QED) is 0.682. The summed E-state index contributed by atoms with van der Waals surface area (Å²) in [5.74, 6) is 0.950. The molecule has 0 N–H and O–H groups in total. The lowest BCUT2D eigenvalue weighted by atomic mass is 9.96. The number of pyridine rings is 1. The van der Waals surface area contributed by atoms with Gasteiger partial charge < -0.3 is 4.74 Å². The van der Waals surface area contributed by atoms with Gasteiger partial charge in [-0.25, -0.2) is 5.01 Å². The first-order valence-corrected chi connectivity index (χ1v) is 8.88. The van der Waals surface area contributed by atoms with Crippen molar-refractivity contribution in [3.05, 3.63) is 95.3 Å². The molecule has 1 aromatic heterocycles. The summed E-state index contributed by atoms with van der Waals surface area (Å²) in [6, 6.07) is 21.0. The Labute approximate surface area is 152 Å². The number of hydrazone groups is 1. The third-order valence-corrected chi connectivity index (χ3v) is 5.04. The molecule has 0 saturated heterocycles. The fraction of sp³-hybridized carbons (Fsp3) is 0.182. The van der Waals surface area contributed by atoms with Crippen LogP contribution in [0.1, 0.15) is 40.9 Å². The van der Waals surface area contributed by atoms with Crippen molar-refractivity contribution >= 4 is 5.71 Å². The molecule has 128 valence electrons. The zero-order valence-corrected chi connectivity index (χ0v) is 14.5. The average molecular weight is 341 g/mol. The van der Waals surface area contributed by atoms with Crippen LogP contribution in [0.3, 0.4) is 0 Å². The van der Waals surface area contributed by atoms with Gasteiger partial charge in [-0.15, -0.1) is 0 Å². The van der Waals surface area contributed by atoms with E-state index < -0.39 is 0 Å². The molecule has 3 heterocycles. The van der Waals surface area contributed by atoms with Gasteiger partial charge in [0.2, 0.25) is 6.23 Å². The minimum atomic E-state index is -0.214. The number of rotatable bonds is 2. The van der Waals surface area contributed by atoms with Gasteiger partial charge in [0.05, 0.1) is 11.8 Å². The standard InChI is InChI=1S/C22H19N3O/c1-15-5-4-6-17(13-15)22-25-20(18-7-2-3-8-21(18)26-22)14-19(24-25)16-9-11-23-12-10-16/h2-13,20,22H,14H2,1H3/t20-,22-/m1/s1. The molecule has 26 heavy (non-hydrogen) atoms. The minimum Gasteiger partial charge on any atom is -0.464 e. The molecule has 0 saturated carbocycles. The van der Waals surface area contributed by atoms with Gasteiger partial charge in [-0.05, 0) is 25.1 Å². The van der Waals surface area contributed by atoms with Crippen LogP contribution in [0.2, 0.25) is 0 Å². The van der Waals surface area contributed by atoms with Gasteiger partial charge in [0.15, 0.2) is 0 Å². The number of nitrogens with zero attached hydrogens (tertiary/aromatic N) is 3. The van der Waals surface area contributed by atoms with Gasteiger partial charge in [0.1, 0.15) is 5.75 Å². The predicted molar refractivity (Wildman–Crippen MR) is 101 cm³/mol. The van der Waals surface area contributed by atoms with Gasteiger partial charge in [0.25, 0.3) is 0 Å². The van der Waals surface area contributed by atoms with E-state index in [2.05, 4.69) is 59.4 Å². The van der Waals surface area contributed by atoms with Crippen molar-refractivity contribution in [2.24, 2.45) is 5.10 Å².